The van der Waals surface area contributed by atoms with Gasteiger partial charge in [-0.05, 0) is 37.1 Å². The number of carbonyl (C=O) groups excluding carboxylic acids is 1. The molecule has 0 saturated carbocycles. The Morgan fingerprint density at radius 1 is 1.11 bits per heavy atom. The van der Waals surface area contributed by atoms with E-state index < -0.39 is 10.0 Å². The number of amides is 1. The van der Waals surface area contributed by atoms with Crippen molar-refractivity contribution in [3.05, 3.63) is 75.2 Å². The lowest BCUT2D eigenvalue weighted by molar-refractivity contribution is 0.103. The number of benzene rings is 2. The van der Waals surface area contributed by atoms with Crippen LogP contribution in [0, 0.1) is 13.8 Å². The zero-order valence-corrected chi connectivity index (χ0v) is 17.4. The first kappa shape index (κ1) is 20.0. The number of aryl methyl sites for hydroxylation is 2. The van der Waals surface area contributed by atoms with Crippen LogP contribution in [0.25, 0.3) is 0 Å². The van der Waals surface area contributed by atoms with E-state index in [2.05, 4.69) is 15.0 Å². The molecule has 0 fully saturated rings. The Morgan fingerprint density at radius 2 is 1.82 bits per heavy atom. The van der Waals surface area contributed by atoms with E-state index in [9.17, 15) is 13.2 Å². The molecule has 2 aromatic carbocycles. The van der Waals surface area contributed by atoms with Crippen LogP contribution in [0.15, 0.2) is 48.5 Å². The average molecular weight is 416 g/mol. The van der Waals surface area contributed by atoms with Crippen molar-refractivity contribution in [2.75, 3.05) is 16.3 Å². The Kier molecular flexibility index (Phi) is 5.81. The molecule has 0 radical (unpaired) electrons. The molecule has 0 saturated heterocycles. The summed E-state index contributed by atoms with van der Waals surface area (Å²) >= 11 is 1.36. The summed E-state index contributed by atoms with van der Waals surface area (Å²) in [5.41, 5.74) is 3.53. The van der Waals surface area contributed by atoms with Crippen LogP contribution in [0.5, 0.6) is 0 Å². The van der Waals surface area contributed by atoms with Crippen molar-refractivity contribution in [3.63, 3.8) is 0 Å². The van der Waals surface area contributed by atoms with Gasteiger partial charge in [-0.3, -0.25) is 9.52 Å². The van der Waals surface area contributed by atoms with Crippen LogP contribution < -0.4 is 10.0 Å². The number of hydrogen-bond acceptors (Lipinski definition) is 5. The predicted octanol–water partition coefficient (Wildman–Crippen LogP) is 3.97. The van der Waals surface area contributed by atoms with Crippen LogP contribution in [0.3, 0.4) is 0 Å². The zero-order chi connectivity index (χ0) is 20.3. The molecule has 0 aliphatic rings. The van der Waals surface area contributed by atoms with Crippen molar-refractivity contribution < 1.29 is 13.2 Å². The van der Waals surface area contributed by atoms with Crippen molar-refractivity contribution in [3.8, 4) is 0 Å². The van der Waals surface area contributed by atoms with E-state index in [0.717, 1.165) is 22.4 Å². The second kappa shape index (κ2) is 8.12. The number of sulfonamides is 1. The van der Waals surface area contributed by atoms with Crippen molar-refractivity contribution >= 4 is 38.6 Å². The molecule has 8 heteroatoms. The molecule has 3 aromatic rings. The van der Waals surface area contributed by atoms with Gasteiger partial charge >= 0.3 is 0 Å². The highest BCUT2D eigenvalue weighted by molar-refractivity contribution is 7.92. The van der Waals surface area contributed by atoms with Gasteiger partial charge in [-0.15, -0.1) is 11.3 Å². The van der Waals surface area contributed by atoms with E-state index in [1.54, 1.807) is 25.1 Å². The monoisotopic (exact) mass is 415 g/mol. The van der Waals surface area contributed by atoms with E-state index in [4.69, 9.17) is 0 Å². The number of nitrogens with zero attached hydrogens (tertiary/aromatic N) is 1. The van der Waals surface area contributed by atoms with Crippen LogP contribution in [0.2, 0.25) is 0 Å². The molecule has 1 aromatic heterocycles. The molecule has 0 spiro atoms. The van der Waals surface area contributed by atoms with Gasteiger partial charge in [-0.1, -0.05) is 36.4 Å². The Bertz CT molecular complexity index is 1110. The lowest BCUT2D eigenvalue weighted by Crippen LogP contribution is -2.13. The molecule has 1 amide bonds. The van der Waals surface area contributed by atoms with E-state index in [-0.39, 0.29) is 5.91 Å². The minimum absolute atomic E-state index is 0.261. The van der Waals surface area contributed by atoms with E-state index in [1.165, 1.54) is 11.3 Å². The summed E-state index contributed by atoms with van der Waals surface area (Å²) in [6.07, 6.45) is 1.76. The number of anilines is 2. The lowest BCUT2D eigenvalue weighted by Gasteiger charge is -2.11. The van der Waals surface area contributed by atoms with Crippen molar-refractivity contribution in [1.29, 1.82) is 0 Å². The summed E-state index contributed by atoms with van der Waals surface area (Å²) in [7, 11) is -3.40. The standard InChI is InChI=1S/C20H21N3O3S2/c1-13-9-10-16(12-17(13)23-28(3,25)26)22-20(24)19-14(2)21-18(27-19)11-15-7-5-4-6-8-15/h4-10,12,23H,11H2,1-3H3,(H,22,24). The predicted molar refractivity (Wildman–Crippen MR) is 114 cm³/mol. The summed E-state index contributed by atoms with van der Waals surface area (Å²) in [4.78, 5) is 17.8. The van der Waals surface area contributed by atoms with Crippen LogP contribution in [-0.4, -0.2) is 25.6 Å². The van der Waals surface area contributed by atoms with Gasteiger partial charge in [-0.25, -0.2) is 13.4 Å². The van der Waals surface area contributed by atoms with Crippen LogP contribution in [0.4, 0.5) is 11.4 Å². The number of carbonyl (C=O) groups is 1. The molecule has 146 valence electrons. The topological polar surface area (TPSA) is 88.2 Å². The summed E-state index contributed by atoms with van der Waals surface area (Å²) in [6, 6.07) is 15.1. The van der Waals surface area contributed by atoms with E-state index >= 15 is 0 Å². The SMILES string of the molecule is Cc1ccc(NC(=O)c2sc(Cc3ccccc3)nc2C)cc1NS(C)(=O)=O. The third-order valence-electron chi connectivity index (χ3n) is 4.04. The molecule has 0 unspecified atom stereocenters. The summed E-state index contributed by atoms with van der Waals surface area (Å²) in [5, 5.41) is 3.70. The molecule has 0 aliphatic carbocycles. The number of hydrogen-bond donors (Lipinski definition) is 2. The van der Waals surface area contributed by atoms with Gasteiger partial charge in [0.1, 0.15) is 4.88 Å². The Hall–Kier alpha value is -2.71. The summed E-state index contributed by atoms with van der Waals surface area (Å²) in [6.45, 7) is 3.61. The van der Waals surface area contributed by atoms with Gasteiger partial charge in [0, 0.05) is 12.1 Å². The fraction of sp³-hybridized carbons (Fsp3) is 0.200. The molecule has 2 N–H and O–H groups in total. The second-order valence-corrected chi connectivity index (χ2v) is 9.37. The van der Waals surface area contributed by atoms with Crippen molar-refractivity contribution in [2.45, 2.75) is 20.3 Å². The summed E-state index contributed by atoms with van der Waals surface area (Å²) < 4.78 is 25.5. The molecule has 1 heterocycles. The normalized spacial score (nSPS) is 11.2. The maximum Gasteiger partial charge on any atom is 0.267 e. The van der Waals surface area contributed by atoms with E-state index in [0.29, 0.717) is 28.4 Å². The molecule has 6 nitrogen and oxygen atoms in total. The number of nitrogens with one attached hydrogen (secondary N) is 2. The molecular formula is C20H21N3O3S2. The molecular weight excluding hydrogens is 394 g/mol. The van der Waals surface area contributed by atoms with Crippen LogP contribution in [-0.2, 0) is 16.4 Å². The Morgan fingerprint density at radius 3 is 2.50 bits per heavy atom. The first-order valence-corrected chi connectivity index (χ1v) is 11.3. The summed E-state index contributed by atoms with van der Waals surface area (Å²) in [5.74, 6) is -0.261. The quantitative estimate of drug-likeness (QED) is 0.637. The molecule has 3 rings (SSSR count). The third kappa shape index (κ3) is 5.17. The molecule has 0 bridgehead atoms. The number of rotatable bonds is 6. The zero-order valence-electron chi connectivity index (χ0n) is 15.8. The second-order valence-electron chi connectivity index (χ2n) is 6.54. The van der Waals surface area contributed by atoms with E-state index in [1.807, 2.05) is 37.3 Å². The number of aromatic nitrogens is 1. The van der Waals surface area contributed by atoms with Gasteiger partial charge in [0.2, 0.25) is 10.0 Å². The number of thiazole rings is 1. The first-order chi connectivity index (χ1) is 13.2. The Labute approximate surface area is 168 Å². The lowest BCUT2D eigenvalue weighted by atomic mass is 10.2. The highest BCUT2D eigenvalue weighted by Crippen LogP contribution is 2.25. The van der Waals surface area contributed by atoms with Crippen molar-refractivity contribution in [2.24, 2.45) is 0 Å². The maximum atomic E-state index is 12.7. The van der Waals surface area contributed by atoms with Gasteiger partial charge in [0.15, 0.2) is 0 Å². The molecule has 0 aliphatic heterocycles. The average Bonchev–Trinajstić information content (AvgIpc) is 2.98. The fourth-order valence-electron chi connectivity index (χ4n) is 2.71. The minimum atomic E-state index is -3.40. The largest absolute Gasteiger partial charge is 0.321 e. The van der Waals surface area contributed by atoms with Crippen molar-refractivity contribution in [1.82, 2.24) is 4.98 Å². The Balaban J connectivity index is 1.77. The van der Waals surface area contributed by atoms with Crippen LogP contribution in [0.1, 0.15) is 31.5 Å². The third-order valence-corrected chi connectivity index (χ3v) is 5.78. The maximum absolute atomic E-state index is 12.7. The minimum Gasteiger partial charge on any atom is -0.321 e. The fourth-order valence-corrected chi connectivity index (χ4v) is 4.32. The van der Waals surface area contributed by atoms with Gasteiger partial charge in [0.25, 0.3) is 5.91 Å². The van der Waals surface area contributed by atoms with Crippen LogP contribution >= 0.6 is 11.3 Å². The van der Waals surface area contributed by atoms with Gasteiger partial charge in [0.05, 0.1) is 22.6 Å². The smallest absolute Gasteiger partial charge is 0.267 e. The molecule has 28 heavy (non-hydrogen) atoms. The first-order valence-electron chi connectivity index (χ1n) is 8.61. The molecule has 0 atom stereocenters. The van der Waals surface area contributed by atoms with Gasteiger partial charge in [-0.2, -0.15) is 0 Å². The highest BCUT2D eigenvalue weighted by atomic mass is 32.2. The highest BCUT2D eigenvalue weighted by Gasteiger charge is 2.16. The van der Waals surface area contributed by atoms with Gasteiger partial charge < -0.3 is 5.32 Å².